The van der Waals surface area contributed by atoms with Gasteiger partial charge in [-0.15, -0.1) is 0 Å². The summed E-state index contributed by atoms with van der Waals surface area (Å²) in [5.41, 5.74) is -0.238. The highest BCUT2D eigenvalue weighted by Crippen LogP contribution is 2.51. The Hall–Kier alpha value is -0.290. The van der Waals surface area contributed by atoms with Crippen molar-refractivity contribution in [2.75, 3.05) is 0 Å². The lowest BCUT2D eigenvalue weighted by Gasteiger charge is -2.54. The molecule has 2 rings (SSSR count). The number of nitrogens with zero attached hydrogens (tertiary/aromatic N) is 1. The van der Waals surface area contributed by atoms with Crippen LogP contribution in [0, 0.1) is 11.3 Å². The number of halogens is 1. The Morgan fingerprint density at radius 1 is 1.37 bits per heavy atom. The van der Waals surface area contributed by atoms with Gasteiger partial charge in [0, 0.05) is 10.7 Å². The van der Waals surface area contributed by atoms with Crippen LogP contribution in [0.15, 0.2) is 0 Å². The molecular weight excluding hydrogens is 286 g/mol. The zero-order valence-electron chi connectivity index (χ0n) is 11.8. The number of amides is 1. The van der Waals surface area contributed by atoms with Crippen LogP contribution in [-0.4, -0.2) is 24.2 Å². The molecule has 0 bridgehead atoms. The summed E-state index contributed by atoms with van der Waals surface area (Å²) < 4.78 is 23.9. The maximum absolute atomic E-state index is 11.5. The van der Waals surface area contributed by atoms with E-state index < -0.39 is 14.8 Å². The Balaban J connectivity index is 2.10. The quantitative estimate of drug-likeness (QED) is 0.595. The molecule has 2 fully saturated rings. The summed E-state index contributed by atoms with van der Waals surface area (Å²) in [6.07, 6.45) is 4.88. The predicted octanol–water partition coefficient (Wildman–Crippen LogP) is 3.07. The molecule has 6 heteroatoms. The van der Waals surface area contributed by atoms with Crippen molar-refractivity contribution in [3.8, 4) is 0 Å². The van der Waals surface area contributed by atoms with Crippen LogP contribution in [0.3, 0.4) is 0 Å². The fourth-order valence-corrected chi connectivity index (χ4v) is 5.24. The minimum atomic E-state index is -3.93. The van der Waals surface area contributed by atoms with Gasteiger partial charge < -0.3 is 0 Å². The molecular formula is C13H22ClNO3S. The second kappa shape index (κ2) is 4.62. The fraction of sp³-hybridized carbons (Fsp3) is 0.923. The predicted molar refractivity (Wildman–Crippen MR) is 75.0 cm³/mol. The molecule has 2 aliphatic rings. The largest absolute Gasteiger partial charge is 0.324 e. The molecule has 1 aliphatic carbocycles. The summed E-state index contributed by atoms with van der Waals surface area (Å²) in [6, 6.07) is 0. The zero-order chi connectivity index (χ0) is 14.5. The summed E-state index contributed by atoms with van der Waals surface area (Å²) in [7, 11) is 1.46. The normalized spacial score (nSPS) is 32.5. The van der Waals surface area contributed by atoms with Gasteiger partial charge in [-0.25, -0.2) is 4.31 Å². The van der Waals surface area contributed by atoms with Crippen molar-refractivity contribution < 1.29 is 13.2 Å². The van der Waals surface area contributed by atoms with E-state index in [4.69, 9.17) is 10.7 Å². The van der Waals surface area contributed by atoms with Crippen LogP contribution in [0.1, 0.15) is 59.3 Å². The third kappa shape index (κ3) is 2.51. The molecule has 1 spiro atoms. The van der Waals surface area contributed by atoms with Gasteiger partial charge in [0.05, 0.1) is 12.0 Å². The van der Waals surface area contributed by atoms with Gasteiger partial charge in [0.2, 0.25) is 5.91 Å². The number of β-lactam (4-membered cyclic amide) rings is 1. The molecule has 0 radical (unpaired) electrons. The molecule has 0 aromatic rings. The van der Waals surface area contributed by atoms with Gasteiger partial charge in [-0.1, -0.05) is 27.2 Å². The molecule has 110 valence electrons. The summed E-state index contributed by atoms with van der Waals surface area (Å²) in [4.78, 5) is 11.5. The third-order valence-electron chi connectivity index (χ3n) is 5.29. The summed E-state index contributed by atoms with van der Waals surface area (Å²) in [6.45, 7) is 6.71. The van der Waals surface area contributed by atoms with E-state index in [-0.39, 0.29) is 11.3 Å². The van der Waals surface area contributed by atoms with Gasteiger partial charge in [-0.2, -0.15) is 8.42 Å². The number of carbonyl (C=O) groups excluding carboxylic acids is 1. The highest BCUT2D eigenvalue weighted by atomic mass is 35.7. The van der Waals surface area contributed by atoms with Crippen molar-refractivity contribution >= 4 is 25.8 Å². The maximum atomic E-state index is 11.5. The smallest absolute Gasteiger partial charge is 0.274 e. The van der Waals surface area contributed by atoms with Crippen LogP contribution in [0.5, 0.6) is 0 Å². The van der Waals surface area contributed by atoms with E-state index in [1.807, 2.05) is 0 Å². The van der Waals surface area contributed by atoms with Gasteiger partial charge in [0.25, 0.3) is 0 Å². The molecule has 0 aromatic heterocycles. The molecule has 0 N–H and O–H groups in total. The lowest BCUT2D eigenvalue weighted by Crippen LogP contribution is -2.65. The summed E-state index contributed by atoms with van der Waals surface area (Å²) in [5, 5.41) is 0. The minimum absolute atomic E-state index is 0.278. The van der Waals surface area contributed by atoms with Gasteiger partial charge in [0.15, 0.2) is 0 Å². The van der Waals surface area contributed by atoms with E-state index in [1.165, 1.54) is 0 Å². The van der Waals surface area contributed by atoms with Crippen LogP contribution >= 0.6 is 10.7 Å². The van der Waals surface area contributed by atoms with Crippen molar-refractivity contribution in [2.24, 2.45) is 11.3 Å². The van der Waals surface area contributed by atoms with E-state index in [0.29, 0.717) is 12.3 Å². The summed E-state index contributed by atoms with van der Waals surface area (Å²) >= 11 is 0. The van der Waals surface area contributed by atoms with Crippen LogP contribution in [-0.2, 0) is 14.0 Å². The maximum Gasteiger partial charge on any atom is 0.324 e. The third-order valence-corrected chi connectivity index (χ3v) is 6.73. The number of carbonyl (C=O) groups is 1. The monoisotopic (exact) mass is 307 g/mol. The van der Waals surface area contributed by atoms with Crippen molar-refractivity contribution in [2.45, 2.75) is 64.8 Å². The molecule has 1 saturated heterocycles. The number of hydrogen-bond acceptors (Lipinski definition) is 3. The van der Waals surface area contributed by atoms with E-state index >= 15 is 0 Å². The highest BCUT2D eigenvalue weighted by Gasteiger charge is 2.57. The Kier molecular flexibility index (Phi) is 3.67. The van der Waals surface area contributed by atoms with Crippen molar-refractivity contribution in [1.82, 2.24) is 4.31 Å². The molecule has 0 unspecified atom stereocenters. The molecule has 1 heterocycles. The zero-order valence-corrected chi connectivity index (χ0v) is 13.4. The second-order valence-electron chi connectivity index (χ2n) is 6.62. The standard InChI is InChI=1S/C13H22ClNO3S/c1-4-12(2,3)10-5-7-13(8-6-10)9-11(16)15(13)19(14,17)18/h10H,4-9H2,1-3H3. The Bertz CT molecular complexity index is 478. The Morgan fingerprint density at radius 3 is 2.26 bits per heavy atom. The van der Waals surface area contributed by atoms with Crippen LogP contribution in [0.25, 0.3) is 0 Å². The lowest BCUT2D eigenvalue weighted by molar-refractivity contribution is -0.148. The second-order valence-corrected chi connectivity index (χ2v) is 8.98. The molecule has 0 atom stereocenters. The van der Waals surface area contributed by atoms with E-state index in [1.54, 1.807) is 0 Å². The Morgan fingerprint density at radius 2 is 1.89 bits per heavy atom. The molecule has 0 aromatic carbocycles. The van der Waals surface area contributed by atoms with E-state index in [2.05, 4.69) is 20.8 Å². The van der Waals surface area contributed by atoms with Gasteiger partial charge in [-0.3, -0.25) is 4.79 Å². The topological polar surface area (TPSA) is 54.5 Å². The van der Waals surface area contributed by atoms with Crippen molar-refractivity contribution in [3.05, 3.63) is 0 Å². The van der Waals surface area contributed by atoms with Gasteiger partial charge in [0.1, 0.15) is 0 Å². The first kappa shape index (κ1) is 15.1. The van der Waals surface area contributed by atoms with Crippen molar-refractivity contribution in [1.29, 1.82) is 0 Å². The molecule has 4 nitrogen and oxygen atoms in total. The van der Waals surface area contributed by atoms with E-state index in [9.17, 15) is 13.2 Å². The number of hydrogen-bond donors (Lipinski definition) is 0. The molecule has 1 aliphatic heterocycles. The first-order valence-electron chi connectivity index (χ1n) is 6.90. The average Bonchev–Trinajstić information content (AvgIpc) is 2.26. The van der Waals surface area contributed by atoms with Crippen molar-refractivity contribution in [3.63, 3.8) is 0 Å². The van der Waals surface area contributed by atoms with E-state index in [0.717, 1.165) is 36.4 Å². The first-order valence-corrected chi connectivity index (χ1v) is 9.17. The Labute approximate surface area is 120 Å². The number of rotatable bonds is 3. The molecule has 1 saturated carbocycles. The van der Waals surface area contributed by atoms with Crippen LogP contribution < -0.4 is 0 Å². The first-order chi connectivity index (χ1) is 8.62. The van der Waals surface area contributed by atoms with Crippen LogP contribution in [0.2, 0.25) is 0 Å². The van der Waals surface area contributed by atoms with Gasteiger partial charge >= 0.3 is 9.24 Å². The van der Waals surface area contributed by atoms with Gasteiger partial charge in [-0.05, 0) is 37.0 Å². The molecule has 19 heavy (non-hydrogen) atoms. The highest BCUT2D eigenvalue weighted by molar-refractivity contribution is 8.12. The average molecular weight is 308 g/mol. The summed E-state index contributed by atoms with van der Waals surface area (Å²) in [5.74, 6) is 0.238. The SMILES string of the molecule is CCC(C)(C)C1CCC2(CC1)CC(=O)N2S(=O)(=O)Cl. The lowest BCUT2D eigenvalue weighted by atomic mass is 9.63. The fourth-order valence-electron chi connectivity index (χ4n) is 3.56. The minimum Gasteiger partial charge on any atom is -0.274 e. The van der Waals surface area contributed by atoms with Crippen LogP contribution in [0.4, 0.5) is 0 Å². The molecule has 1 amide bonds.